The van der Waals surface area contributed by atoms with Gasteiger partial charge < -0.3 is 10.4 Å². The van der Waals surface area contributed by atoms with Crippen molar-refractivity contribution in [3.05, 3.63) is 64.2 Å². The van der Waals surface area contributed by atoms with Gasteiger partial charge in [-0.15, -0.1) is 0 Å². The fourth-order valence-electron chi connectivity index (χ4n) is 3.40. The molecule has 0 aliphatic carbocycles. The van der Waals surface area contributed by atoms with Crippen LogP contribution in [0.1, 0.15) is 62.0 Å². The molecule has 0 saturated heterocycles. The number of nitrogens with one attached hydrogen (secondary N) is 1. The molecule has 6 heteroatoms. The molecule has 2 aromatic rings. The Balaban J connectivity index is 2.13. The lowest BCUT2D eigenvalue weighted by Gasteiger charge is -2.22. The highest BCUT2D eigenvalue weighted by atomic mass is 16.3. The number of carbonyl (C=O) groups excluding carboxylic acids is 3. The number of aliphatic hydroxyl groups excluding tert-OH is 1. The summed E-state index contributed by atoms with van der Waals surface area (Å²) in [6.45, 7) is 5.73. The standard InChI is InChI=1S/C21H22N2O4/c1-12(2)14-7-4-6-13(3)18(14)23-20(26)16-9-5-8-15(17(16)21(23)27)19(25)22-10-11-24/h4-9,12,24H,10-11H2,1-3H3,(H,22,25). The van der Waals surface area contributed by atoms with Gasteiger partial charge in [-0.25, -0.2) is 4.90 Å². The maximum atomic E-state index is 13.2. The van der Waals surface area contributed by atoms with Crippen molar-refractivity contribution in [2.24, 2.45) is 0 Å². The molecule has 2 aromatic carbocycles. The van der Waals surface area contributed by atoms with Crippen molar-refractivity contribution < 1.29 is 19.5 Å². The first-order valence-electron chi connectivity index (χ1n) is 8.88. The molecule has 1 aliphatic heterocycles. The van der Waals surface area contributed by atoms with Crippen molar-refractivity contribution in [2.45, 2.75) is 26.7 Å². The summed E-state index contributed by atoms with van der Waals surface area (Å²) in [4.78, 5) is 39.8. The highest BCUT2D eigenvalue weighted by Gasteiger charge is 2.41. The van der Waals surface area contributed by atoms with E-state index in [0.29, 0.717) is 5.69 Å². The summed E-state index contributed by atoms with van der Waals surface area (Å²) >= 11 is 0. The molecule has 1 heterocycles. The molecule has 0 bridgehead atoms. The number of hydrogen-bond donors (Lipinski definition) is 2. The summed E-state index contributed by atoms with van der Waals surface area (Å²) < 4.78 is 0. The predicted molar refractivity (Wildman–Crippen MR) is 102 cm³/mol. The van der Waals surface area contributed by atoms with Crippen LogP contribution < -0.4 is 10.2 Å². The third-order valence-electron chi connectivity index (χ3n) is 4.67. The van der Waals surface area contributed by atoms with Gasteiger partial charge in [0.1, 0.15) is 0 Å². The van der Waals surface area contributed by atoms with Crippen LogP contribution in [0.25, 0.3) is 0 Å². The van der Waals surface area contributed by atoms with E-state index < -0.39 is 17.7 Å². The van der Waals surface area contributed by atoms with Crippen LogP contribution in [-0.2, 0) is 0 Å². The molecule has 0 spiro atoms. The molecule has 2 N–H and O–H groups in total. The van der Waals surface area contributed by atoms with Crippen LogP contribution in [0, 0.1) is 6.92 Å². The minimum Gasteiger partial charge on any atom is -0.395 e. The highest BCUT2D eigenvalue weighted by Crippen LogP contribution is 2.37. The fraction of sp³-hybridized carbons (Fsp3) is 0.286. The third kappa shape index (κ3) is 3.13. The van der Waals surface area contributed by atoms with Gasteiger partial charge >= 0.3 is 0 Å². The van der Waals surface area contributed by atoms with Crippen LogP contribution in [0.5, 0.6) is 0 Å². The lowest BCUT2D eigenvalue weighted by atomic mass is 9.97. The second-order valence-corrected chi connectivity index (χ2v) is 6.82. The number of para-hydroxylation sites is 1. The van der Waals surface area contributed by atoms with E-state index in [4.69, 9.17) is 5.11 Å². The molecule has 0 fully saturated rings. The second-order valence-electron chi connectivity index (χ2n) is 6.82. The molecule has 0 unspecified atom stereocenters. The van der Waals surface area contributed by atoms with E-state index in [-0.39, 0.29) is 35.8 Å². The first kappa shape index (κ1) is 18.8. The van der Waals surface area contributed by atoms with Gasteiger partial charge in [-0.2, -0.15) is 0 Å². The number of aliphatic hydroxyl groups is 1. The minimum absolute atomic E-state index is 0.0731. The zero-order valence-electron chi connectivity index (χ0n) is 15.6. The average molecular weight is 366 g/mol. The van der Waals surface area contributed by atoms with Crippen molar-refractivity contribution in [3.8, 4) is 0 Å². The minimum atomic E-state index is -0.499. The van der Waals surface area contributed by atoms with Crippen molar-refractivity contribution >= 4 is 23.4 Å². The Bertz CT molecular complexity index is 934. The molecule has 3 rings (SSSR count). The molecule has 3 amide bonds. The zero-order chi connectivity index (χ0) is 19.7. The topological polar surface area (TPSA) is 86.7 Å². The Hall–Kier alpha value is -2.99. The number of anilines is 1. The van der Waals surface area contributed by atoms with Gasteiger partial charge in [0.05, 0.1) is 29.0 Å². The predicted octanol–water partition coefficient (Wildman–Crippen LogP) is 2.64. The summed E-state index contributed by atoms with van der Waals surface area (Å²) in [6.07, 6.45) is 0. The summed E-state index contributed by atoms with van der Waals surface area (Å²) in [6, 6.07) is 10.3. The van der Waals surface area contributed by atoms with Crippen LogP contribution in [-0.4, -0.2) is 36.0 Å². The van der Waals surface area contributed by atoms with Crippen LogP contribution in [0.2, 0.25) is 0 Å². The molecule has 1 aliphatic rings. The molecule has 0 saturated carbocycles. The first-order chi connectivity index (χ1) is 12.9. The number of amides is 3. The summed E-state index contributed by atoms with van der Waals surface area (Å²) in [7, 11) is 0. The number of hydrogen-bond acceptors (Lipinski definition) is 4. The number of nitrogens with zero attached hydrogens (tertiary/aromatic N) is 1. The van der Waals surface area contributed by atoms with Gasteiger partial charge in [-0.3, -0.25) is 14.4 Å². The number of rotatable bonds is 5. The molecule has 6 nitrogen and oxygen atoms in total. The Morgan fingerprint density at radius 2 is 1.81 bits per heavy atom. The van der Waals surface area contributed by atoms with E-state index in [1.54, 1.807) is 12.1 Å². The average Bonchev–Trinajstić information content (AvgIpc) is 2.90. The number of imide groups is 1. The second kappa shape index (κ2) is 7.32. The molecule has 0 radical (unpaired) electrons. The smallest absolute Gasteiger partial charge is 0.266 e. The van der Waals surface area contributed by atoms with Gasteiger partial charge in [0, 0.05) is 6.54 Å². The van der Waals surface area contributed by atoms with Crippen LogP contribution >= 0.6 is 0 Å². The van der Waals surface area contributed by atoms with E-state index >= 15 is 0 Å². The normalized spacial score (nSPS) is 13.3. The SMILES string of the molecule is Cc1cccc(C(C)C)c1N1C(=O)c2cccc(C(=O)NCCO)c2C1=O. The largest absolute Gasteiger partial charge is 0.395 e. The van der Waals surface area contributed by atoms with Gasteiger partial charge in [-0.05, 0) is 36.1 Å². The Kier molecular flexibility index (Phi) is 5.10. The van der Waals surface area contributed by atoms with E-state index in [2.05, 4.69) is 5.32 Å². The van der Waals surface area contributed by atoms with Gasteiger partial charge in [0.2, 0.25) is 0 Å². The van der Waals surface area contributed by atoms with Crippen molar-refractivity contribution in [1.82, 2.24) is 5.32 Å². The molecule has 140 valence electrons. The quantitative estimate of drug-likeness (QED) is 0.797. The third-order valence-corrected chi connectivity index (χ3v) is 4.67. The lowest BCUT2D eigenvalue weighted by molar-refractivity contribution is 0.0908. The van der Waals surface area contributed by atoms with E-state index in [1.807, 2.05) is 39.0 Å². The van der Waals surface area contributed by atoms with E-state index in [9.17, 15) is 14.4 Å². The van der Waals surface area contributed by atoms with Crippen LogP contribution in [0.4, 0.5) is 5.69 Å². The van der Waals surface area contributed by atoms with Crippen molar-refractivity contribution in [2.75, 3.05) is 18.1 Å². The van der Waals surface area contributed by atoms with Crippen molar-refractivity contribution in [3.63, 3.8) is 0 Å². The van der Waals surface area contributed by atoms with Crippen molar-refractivity contribution in [1.29, 1.82) is 0 Å². The summed E-state index contributed by atoms with van der Waals surface area (Å²) in [5.74, 6) is -1.29. The Morgan fingerprint density at radius 3 is 2.48 bits per heavy atom. The number of aryl methyl sites for hydroxylation is 1. The maximum absolute atomic E-state index is 13.2. The molecule has 0 aromatic heterocycles. The van der Waals surface area contributed by atoms with Gasteiger partial charge in [0.15, 0.2) is 0 Å². The first-order valence-corrected chi connectivity index (χ1v) is 8.88. The fourth-order valence-corrected chi connectivity index (χ4v) is 3.40. The monoisotopic (exact) mass is 366 g/mol. The van der Waals surface area contributed by atoms with Gasteiger partial charge in [-0.1, -0.05) is 38.1 Å². The molecular formula is C21H22N2O4. The Morgan fingerprint density at radius 1 is 1.11 bits per heavy atom. The Labute approximate surface area is 157 Å². The summed E-state index contributed by atoms with van der Waals surface area (Å²) in [5.41, 5.74) is 2.77. The maximum Gasteiger partial charge on any atom is 0.266 e. The number of benzene rings is 2. The van der Waals surface area contributed by atoms with E-state index in [1.165, 1.54) is 11.0 Å². The number of carbonyl (C=O) groups is 3. The number of fused-ring (bicyclic) bond motifs is 1. The van der Waals surface area contributed by atoms with Crippen LogP contribution in [0.15, 0.2) is 36.4 Å². The summed E-state index contributed by atoms with van der Waals surface area (Å²) in [5, 5.41) is 11.4. The zero-order valence-corrected chi connectivity index (χ0v) is 15.6. The molecule has 0 atom stereocenters. The highest BCUT2D eigenvalue weighted by molar-refractivity contribution is 6.36. The molecule has 27 heavy (non-hydrogen) atoms. The van der Waals surface area contributed by atoms with E-state index in [0.717, 1.165) is 11.1 Å². The van der Waals surface area contributed by atoms with Gasteiger partial charge in [0.25, 0.3) is 17.7 Å². The molecular weight excluding hydrogens is 344 g/mol. The lowest BCUT2D eigenvalue weighted by Crippen LogP contribution is -2.32. The van der Waals surface area contributed by atoms with Crippen LogP contribution in [0.3, 0.4) is 0 Å².